The summed E-state index contributed by atoms with van der Waals surface area (Å²) in [4.78, 5) is 34.4. The van der Waals surface area contributed by atoms with E-state index in [-0.39, 0.29) is 11.5 Å². The van der Waals surface area contributed by atoms with Crippen LogP contribution in [0.4, 0.5) is 0 Å². The number of fused-ring (bicyclic) bond motifs is 1. The normalized spacial score (nSPS) is 15.5. The average molecular weight is 545 g/mol. The molecule has 36 heavy (non-hydrogen) atoms. The average Bonchev–Trinajstić information content (AvgIpc) is 3.15. The first-order valence-electron chi connectivity index (χ1n) is 11.8. The second-order valence-corrected chi connectivity index (χ2v) is 10.1. The Morgan fingerprint density at radius 2 is 1.78 bits per heavy atom. The van der Waals surface area contributed by atoms with E-state index in [1.807, 2.05) is 39.8 Å². The number of hydrogen-bond acceptors (Lipinski definition) is 5. The van der Waals surface area contributed by atoms with Crippen molar-refractivity contribution in [3.63, 3.8) is 0 Å². The number of rotatable bonds is 7. The van der Waals surface area contributed by atoms with Crippen molar-refractivity contribution in [1.29, 1.82) is 0 Å². The van der Waals surface area contributed by atoms with E-state index in [1.54, 1.807) is 45.9 Å². The molecule has 0 saturated carbocycles. The number of nitrogens with zero attached hydrogens (tertiary/aromatic N) is 3. The van der Waals surface area contributed by atoms with Crippen LogP contribution in [0, 0.1) is 0 Å². The first kappa shape index (κ1) is 26.2. The maximum Gasteiger partial charge on any atom is 0.271 e. The molecule has 2 aromatic carbocycles. The minimum atomic E-state index is -0.625. The van der Waals surface area contributed by atoms with Gasteiger partial charge in [0.1, 0.15) is 5.75 Å². The van der Waals surface area contributed by atoms with Crippen molar-refractivity contribution in [2.75, 3.05) is 19.7 Å². The molecule has 0 bridgehead atoms. The zero-order chi connectivity index (χ0) is 26.0. The Morgan fingerprint density at radius 1 is 1.11 bits per heavy atom. The summed E-state index contributed by atoms with van der Waals surface area (Å²) in [5, 5.41) is 1.12. The van der Waals surface area contributed by atoms with E-state index in [2.05, 4.69) is 0 Å². The third kappa shape index (κ3) is 5.01. The van der Waals surface area contributed by atoms with Crippen LogP contribution in [-0.4, -0.2) is 35.1 Å². The van der Waals surface area contributed by atoms with Crippen LogP contribution in [0.2, 0.25) is 10.0 Å². The fourth-order valence-corrected chi connectivity index (χ4v) is 5.64. The number of allylic oxidation sites excluding steroid dienone is 1. The SMILES string of the molecule is CCOc1ccc(Cl)cc1/C=c1/sc2n(c1=O)[C@H](c1ccc(Cl)cc1)C(C(=O)N(CC)CC)=C(C)N=2. The molecule has 1 aliphatic rings. The van der Waals surface area contributed by atoms with Crippen molar-refractivity contribution in [3.05, 3.63) is 94.6 Å². The molecular weight excluding hydrogens is 517 g/mol. The summed E-state index contributed by atoms with van der Waals surface area (Å²) in [7, 11) is 0. The summed E-state index contributed by atoms with van der Waals surface area (Å²) in [6.45, 7) is 9.18. The lowest BCUT2D eigenvalue weighted by atomic mass is 9.94. The highest BCUT2D eigenvalue weighted by Gasteiger charge is 2.34. The van der Waals surface area contributed by atoms with E-state index in [1.165, 1.54) is 11.3 Å². The number of aromatic nitrogens is 1. The molecule has 0 N–H and O–H groups in total. The quantitative estimate of drug-likeness (QED) is 0.429. The van der Waals surface area contributed by atoms with Crippen LogP contribution in [0.5, 0.6) is 5.75 Å². The molecule has 0 saturated heterocycles. The predicted molar refractivity (Wildman–Crippen MR) is 146 cm³/mol. The van der Waals surface area contributed by atoms with Gasteiger partial charge in [-0.15, -0.1) is 0 Å². The Bertz CT molecular complexity index is 1500. The summed E-state index contributed by atoms with van der Waals surface area (Å²) in [6, 6.07) is 11.9. The number of ether oxygens (including phenoxy) is 1. The van der Waals surface area contributed by atoms with Gasteiger partial charge >= 0.3 is 0 Å². The summed E-state index contributed by atoms with van der Waals surface area (Å²) < 4.78 is 7.81. The number of likely N-dealkylation sites (N-methyl/N-ethyl adjacent to an activating group) is 1. The van der Waals surface area contributed by atoms with Gasteiger partial charge in [-0.3, -0.25) is 14.2 Å². The van der Waals surface area contributed by atoms with Gasteiger partial charge in [-0.2, -0.15) is 0 Å². The number of amides is 1. The van der Waals surface area contributed by atoms with E-state index in [9.17, 15) is 9.59 Å². The predicted octanol–water partition coefficient (Wildman–Crippen LogP) is 4.81. The summed E-state index contributed by atoms with van der Waals surface area (Å²) in [5.41, 5.74) is 2.33. The summed E-state index contributed by atoms with van der Waals surface area (Å²) in [6.07, 6.45) is 1.77. The molecule has 188 valence electrons. The number of carbonyl (C=O) groups excluding carboxylic acids is 1. The molecule has 0 unspecified atom stereocenters. The summed E-state index contributed by atoms with van der Waals surface area (Å²) in [5.74, 6) is 0.500. The molecule has 2 heterocycles. The fraction of sp³-hybridized carbons (Fsp3) is 0.296. The Kier molecular flexibility index (Phi) is 8.03. The van der Waals surface area contributed by atoms with Gasteiger partial charge in [-0.05, 0) is 69.7 Å². The van der Waals surface area contributed by atoms with Crippen LogP contribution in [0.3, 0.4) is 0 Å². The Balaban J connectivity index is 1.96. The number of benzene rings is 2. The first-order chi connectivity index (χ1) is 17.3. The van der Waals surface area contributed by atoms with Gasteiger partial charge in [0.25, 0.3) is 11.5 Å². The van der Waals surface area contributed by atoms with Crippen LogP contribution >= 0.6 is 34.5 Å². The molecule has 0 spiro atoms. The zero-order valence-corrected chi connectivity index (χ0v) is 22.9. The van der Waals surface area contributed by atoms with Gasteiger partial charge in [0.15, 0.2) is 4.80 Å². The summed E-state index contributed by atoms with van der Waals surface area (Å²) >= 11 is 13.7. The van der Waals surface area contributed by atoms with Gasteiger partial charge in [-0.25, -0.2) is 4.99 Å². The maximum absolute atomic E-state index is 13.8. The minimum absolute atomic E-state index is 0.135. The third-order valence-corrected chi connectivity index (χ3v) is 7.52. The molecule has 0 aliphatic carbocycles. The van der Waals surface area contributed by atoms with Gasteiger partial charge in [0.2, 0.25) is 0 Å². The first-order valence-corrected chi connectivity index (χ1v) is 13.4. The van der Waals surface area contributed by atoms with Crippen LogP contribution in [0.15, 0.2) is 63.5 Å². The van der Waals surface area contributed by atoms with Crippen molar-refractivity contribution in [3.8, 4) is 5.75 Å². The lowest BCUT2D eigenvalue weighted by molar-refractivity contribution is -0.127. The molecule has 1 aromatic heterocycles. The van der Waals surface area contributed by atoms with Crippen molar-refractivity contribution >= 4 is 46.5 Å². The molecular formula is C27H27Cl2N3O3S. The van der Waals surface area contributed by atoms with Crippen molar-refractivity contribution < 1.29 is 9.53 Å². The number of halogens is 2. The monoisotopic (exact) mass is 543 g/mol. The molecule has 0 radical (unpaired) electrons. The van der Waals surface area contributed by atoms with E-state index in [4.69, 9.17) is 32.9 Å². The van der Waals surface area contributed by atoms with Crippen molar-refractivity contribution in [2.45, 2.75) is 33.7 Å². The molecule has 9 heteroatoms. The highest BCUT2D eigenvalue weighted by molar-refractivity contribution is 7.07. The minimum Gasteiger partial charge on any atom is -0.493 e. The van der Waals surface area contributed by atoms with E-state index >= 15 is 0 Å². The van der Waals surface area contributed by atoms with Crippen LogP contribution in [0.25, 0.3) is 6.08 Å². The smallest absolute Gasteiger partial charge is 0.271 e. The highest BCUT2D eigenvalue weighted by Crippen LogP contribution is 2.32. The van der Waals surface area contributed by atoms with Gasteiger partial charge < -0.3 is 9.64 Å². The molecule has 1 aliphatic heterocycles. The largest absolute Gasteiger partial charge is 0.493 e. The van der Waals surface area contributed by atoms with Gasteiger partial charge in [0, 0.05) is 28.7 Å². The van der Waals surface area contributed by atoms with E-state index in [0.29, 0.717) is 61.7 Å². The maximum atomic E-state index is 13.8. The van der Waals surface area contributed by atoms with Gasteiger partial charge in [-0.1, -0.05) is 46.7 Å². The molecule has 6 nitrogen and oxygen atoms in total. The second kappa shape index (κ2) is 11.0. The van der Waals surface area contributed by atoms with Crippen LogP contribution < -0.4 is 19.6 Å². The van der Waals surface area contributed by atoms with Gasteiger partial charge in [0.05, 0.1) is 28.5 Å². The van der Waals surface area contributed by atoms with Crippen LogP contribution in [0.1, 0.15) is 44.9 Å². The van der Waals surface area contributed by atoms with Crippen LogP contribution in [-0.2, 0) is 4.79 Å². The number of hydrogen-bond donors (Lipinski definition) is 0. The highest BCUT2D eigenvalue weighted by atomic mass is 35.5. The van der Waals surface area contributed by atoms with Crippen molar-refractivity contribution in [2.24, 2.45) is 4.99 Å². The fourth-order valence-electron chi connectivity index (χ4n) is 4.30. The molecule has 1 atom stereocenters. The van der Waals surface area contributed by atoms with E-state index in [0.717, 1.165) is 5.56 Å². The topological polar surface area (TPSA) is 63.9 Å². The lowest BCUT2D eigenvalue weighted by Gasteiger charge is -2.29. The van der Waals surface area contributed by atoms with Crippen molar-refractivity contribution in [1.82, 2.24) is 9.47 Å². The standard InChI is InChI=1S/C27H27Cl2N3O3S/c1-5-31(6-2)26(34)23-16(4)30-27-32(24(23)17-8-10-19(28)11-9-17)25(33)22(36-27)15-18-14-20(29)12-13-21(18)35-7-3/h8-15,24H,5-7H2,1-4H3/b22-15+/t24-/m1/s1. The van der Waals surface area contributed by atoms with E-state index < -0.39 is 6.04 Å². The molecule has 0 fully saturated rings. The Hall–Kier alpha value is -2.87. The Morgan fingerprint density at radius 3 is 2.42 bits per heavy atom. The number of carbonyl (C=O) groups is 1. The molecule has 3 aromatic rings. The lowest BCUT2D eigenvalue weighted by Crippen LogP contribution is -2.43. The molecule has 1 amide bonds. The third-order valence-electron chi connectivity index (χ3n) is 6.05. The molecule has 4 rings (SSSR count). The Labute approximate surface area is 223 Å². The second-order valence-electron chi connectivity index (χ2n) is 8.23. The zero-order valence-electron chi connectivity index (χ0n) is 20.5. The number of thiazole rings is 1.